The normalized spacial score (nSPS) is 11.8. The van der Waals surface area contributed by atoms with E-state index in [9.17, 15) is 0 Å². The Labute approximate surface area is 101 Å². The van der Waals surface area contributed by atoms with Crippen molar-refractivity contribution >= 4 is 19.1 Å². The number of rotatable bonds is 4. The molecule has 0 amide bonds. The second-order valence-electron chi connectivity index (χ2n) is 3.71. The highest BCUT2D eigenvalue weighted by Gasteiger charge is 2.14. The molecule has 2 rings (SSSR count). The van der Waals surface area contributed by atoms with Crippen LogP contribution in [0.5, 0.6) is 0 Å². The molecule has 1 atom stereocenters. The zero-order valence-corrected chi connectivity index (χ0v) is 9.58. The van der Waals surface area contributed by atoms with Gasteiger partial charge in [-0.05, 0) is 25.1 Å². The molecule has 0 bridgehead atoms. The van der Waals surface area contributed by atoms with Crippen molar-refractivity contribution in [1.29, 1.82) is 0 Å². The van der Waals surface area contributed by atoms with Gasteiger partial charge in [0.25, 0.3) is 0 Å². The molecular formula is C15H14N2. The Morgan fingerprint density at radius 2 is 1.47 bits per heavy atom. The molecule has 84 valence electrons. The quantitative estimate of drug-likeness (QED) is 0.703. The van der Waals surface area contributed by atoms with E-state index in [1.807, 2.05) is 54.6 Å². The minimum absolute atomic E-state index is 0.0853. The summed E-state index contributed by atoms with van der Waals surface area (Å²) in [5.74, 6) is 0. The highest BCUT2D eigenvalue weighted by molar-refractivity contribution is 5.55. The van der Waals surface area contributed by atoms with Crippen LogP contribution in [0.25, 0.3) is 0 Å². The van der Waals surface area contributed by atoms with Gasteiger partial charge in [-0.15, -0.1) is 0 Å². The maximum atomic E-state index is 4.20. The number of benzene rings is 2. The Morgan fingerprint density at radius 1 is 0.824 bits per heavy atom. The first-order valence-corrected chi connectivity index (χ1v) is 5.43. The van der Waals surface area contributed by atoms with Crippen LogP contribution in [0.15, 0.2) is 64.6 Å². The lowest BCUT2D eigenvalue weighted by Gasteiger charge is -2.14. The van der Waals surface area contributed by atoms with E-state index >= 15 is 0 Å². The molecule has 2 heteroatoms. The van der Waals surface area contributed by atoms with Crippen molar-refractivity contribution in [3.05, 3.63) is 65.7 Å². The third-order valence-corrected chi connectivity index (χ3v) is 2.70. The van der Waals surface area contributed by atoms with Crippen LogP contribution in [0.2, 0.25) is 0 Å². The van der Waals surface area contributed by atoms with Crippen LogP contribution in [-0.2, 0) is 0 Å². The van der Waals surface area contributed by atoms with Crippen LogP contribution in [-0.4, -0.2) is 13.4 Å². The number of hydrogen-bond acceptors (Lipinski definition) is 2. The van der Waals surface area contributed by atoms with Gasteiger partial charge in [-0.3, -0.25) is 9.98 Å². The van der Waals surface area contributed by atoms with Crippen molar-refractivity contribution in [2.24, 2.45) is 9.98 Å². The number of aliphatic imine (C=N–C) groups is 2. The molecule has 17 heavy (non-hydrogen) atoms. The first kappa shape index (κ1) is 11.3. The van der Waals surface area contributed by atoms with Crippen molar-refractivity contribution < 1.29 is 0 Å². The number of nitrogens with zero attached hydrogens (tertiary/aromatic N) is 2. The Hall–Kier alpha value is -2.22. The highest BCUT2D eigenvalue weighted by atomic mass is 14.8. The molecular weight excluding hydrogens is 208 g/mol. The number of hydrogen-bond donors (Lipinski definition) is 0. The maximum Gasteiger partial charge on any atom is 0.101 e. The van der Waals surface area contributed by atoms with E-state index in [4.69, 9.17) is 0 Å². The second-order valence-corrected chi connectivity index (χ2v) is 3.71. The lowest BCUT2D eigenvalue weighted by Crippen LogP contribution is -1.97. The molecule has 1 unspecified atom stereocenters. The molecule has 0 spiro atoms. The van der Waals surface area contributed by atoms with Crippen LogP contribution >= 0.6 is 0 Å². The minimum Gasteiger partial charge on any atom is -0.288 e. The summed E-state index contributed by atoms with van der Waals surface area (Å²) >= 11 is 0. The highest BCUT2D eigenvalue weighted by Crippen LogP contribution is 2.32. The van der Waals surface area contributed by atoms with Crippen molar-refractivity contribution in [2.75, 3.05) is 0 Å². The summed E-state index contributed by atoms with van der Waals surface area (Å²) in [5, 5.41) is 0. The van der Waals surface area contributed by atoms with Gasteiger partial charge in [-0.25, -0.2) is 0 Å². The fourth-order valence-electron chi connectivity index (χ4n) is 1.88. The van der Waals surface area contributed by atoms with Gasteiger partial charge in [0, 0.05) is 5.56 Å². The topological polar surface area (TPSA) is 24.7 Å². The molecule has 0 aliphatic heterocycles. The molecule has 2 aromatic rings. The van der Waals surface area contributed by atoms with Gasteiger partial charge in [-0.1, -0.05) is 48.5 Å². The van der Waals surface area contributed by atoms with Crippen LogP contribution < -0.4 is 0 Å². The summed E-state index contributed by atoms with van der Waals surface area (Å²) in [6.45, 7) is 7.27. The third kappa shape index (κ3) is 2.31. The Morgan fingerprint density at radius 3 is 2.12 bits per heavy atom. The number of para-hydroxylation sites is 1. The van der Waals surface area contributed by atoms with E-state index in [-0.39, 0.29) is 6.04 Å². The van der Waals surface area contributed by atoms with Gasteiger partial charge in [0.2, 0.25) is 0 Å². The maximum absolute atomic E-state index is 4.20. The lowest BCUT2D eigenvalue weighted by molar-refractivity contribution is 0.882. The summed E-state index contributed by atoms with van der Waals surface area (Å²) in [4.78, 5) is 8.23. The largest absolute Gasteiger partial charge is 0.288 e. The molecule has 0 fully saturated rings. The molecule has 0 aliphatic rings. The van der Waals surface area contributed by atoms with E-state index in [1.54, 1.807) is 0 Å². The molecule has 0 heterocycles. The molecule has 2 aromatic carbocycles. The van der Waals surface area contributed by atoms with Gasteiger partial charge in [0.1, 0.15) is 6.04 Å². The first-order valence-electron chi connectivity index (χ1n) is 5.43. The summed E-state index contributed by atoms with van der Waals surface area (Å²) in [5.41, 5.74) is 3.00. The standard InChI is InChI=1S/C15H14N2/c1-16-14-11-7-6-10-13(14)15(17-2)12-8-4-3-5-9-12/h3-11,15H,1-2H2. The summed E-state index contributed by atoms with van der Waals surface area (Å²) in [6.07, 6.45) is 0. The first-order chi connectivity index (χ1) is 8.36. The molecule has 0 aliphatic carbocycles. The van der Waals surface area contributed by atoms with Crippen LogP contribution in [0.3, 0.4) is 0 Å². The van der Waals surface area contributed by atoms with Crippen LogP contribution in [0.4, 0.5) is 5.69 Å². The van der Waals surface area contributed by atoms with Gasteiger partial charge < -0.3 is 0 Å². The zero-order chi connectivity index (χ0) is 12.1. The fraction of sp³-hybridized carbons (Fsp3) is 0.0667. The smallest absolute Gasteiger partial charge is 0.101 e. The van der Waals surface area contributed by atoms with Gasteiger partial charge in [-0.2, -0.15) is 0 Å². The second kappa shape index (κ2) is 5.21. The monoisotopic (exact) mass is 222 g/mol. The SMILES string of the molecule is C=Nc1ccccc1C(N=C)c1ccccc1. The molecule has 2 nitrogen and oxygen atoms in total. The van der Waals surface area contributed by atoms with Gasteiger partial charge in [0.05, 0.1) is 5.69 Å². The lowest BCUT2D eigenvalue weighted by atomic mass is 9.98. The zero-order valence-electron chi connectivity index (χ0n) is 9.58. The van der Waals surface area contributed by atoms with Crippen molar-refractivity contribution in [3.63, 3.8) is 0 Å². The van der Waals surface area contributed by atoms with Crippen LogP contribution in [0, 0.1) is 0 Å². The molecule has 0 aromatic heterocycles. The Balaban J connectivity index is 2.49. The average Bonchev–Trinajstić information content (AvgIpc) is 2.41. The predicted octanol–water partition coefficient (Wildman–Crippen LogP) is 3.81. The minimum atomic E-state index is -0.0853. The van der Waals surface area contributed by atoms with Crippen LogP contribution in [0.1, 0.15) is 17.2 Å². The molecule has 0 saturated carbocycles. The van der Waals surface area contributed by atoms with E-state index in [2.05, 4.69) is 23.4 Å². The summed E-state index contributed by atoms with van der Waals surface area (Å²) < 4.78 is 0. The van der Waals surface area contributed by atoms with E-state index < -0.39 is 0 Å². The van der Waals surface area contributed by atoms with Gasteiger partial charge >= 0.3 is 0 Å². The summed E-state index contributed by atoms with van der Waals surface area (Å²) in [7, 11) is 0. The third-order valence-electron chi connectivity index (χ3n) is 2.70. The van der Waals surface area contributed by atoms with Crippen molar-refractivity contribution in [2.45, 2.75) is 6.04 Å². The van der Waals surface area contributed by atoms with Crippen molar-refractivity contribution in [1.82, 2.24) is 0 Å². The van der Waals surface area contributed by atoms with E-state index in [0.717, 1.165) is 16.8 Å². The Bertz CT molecular complexity index is 517. The fourth-order valence-corrected chi connectivity index (χ4v) is 1.88. The van der Waals surface area contributed by atoms with E-state index in [1.165, 1.54) is 0 Å². The predicted molar refractivity (Wildman–Crippen MR) is 73.5 cm³/mol. The molecule has 0 N–H and O–H groups in total. The average molecular weight is 222 g/mol. The Kier molecular flexibility index (Phi) is 3.46. The molecule has 0 saturated heterocycles. The van der Waals surface area contributed by atoms with E-state index in [0.29, 0.717) is 0 Å². The van der Waals surface area contributed by atoms with Crippen molar-refractivity contribution in [3.8, 4) is 0 Å². The molecule has 0 radical (unpaired) electrons. The van der Waals surface area contributed by atoms with Gasteiger partial charge in [0.15, 0.2) is 0 Å². The summed E-state index contributed by atoms with van der Waals surface area (Å²) in [6, 6.07) is 17.8.